The van der Waals surface area contributed by atoms with E-state index >= 15 is 0 Å². The van der Waals surface area contributed by atoms with Crippen LogP contribution in [0, 0.1) is 6.92 Å². The van der Waals surface area contributed by atoms with Crippen molar-refractivity contribution in [2.45, 2.75) is 27.3 Å². The zero-order valence-electron chi connectivity index (χ0n) is 11.9. The molecule has 0 unspecified atom stereocenters. The van der Waals surface area contributed by atoms with Gasteiger partial charge < -0.3 is 0 Å². The summed E-state index contributed by atoms with van der Waals surface area (Å²) in [6, 6.07) is 8.30. The second kappa shape index (κ2) is 6.43. The molecule has 0 radical (unpaired) electrons. The van der Waals surface area contributed by atoms with Crippen LogP contribution in [0.15, 0.2) is 36.7 Å². The Bertz CT molecular complexity index is 533. The van der Waals surface area contributed by atoms with Crippen LogP contribution in [-0.4, -0.2) is 28.0 Å². The second-order valence-corrected chi connectivity index (χ2v) is 4.73. The van der Waals surface area contributed by atoms with E-state index in [1.165, 1.54) is 11.1 Å². The first-order valence-corrected chi connectivity index (χ1v) is 6.83. The second-order valence-electron chi connectivity index (χ2n) is 4.73. The summed E-state index contributed by atoms with van der Waals surface area (Å²) in [5.41, 5.74) is 4.40. The Morgan fingerprint density at radius 2 is 1.58 bits per heavy atom. The molecule has 0 spiro atoms. The average molecular weight is 255 g/mol. The Morgan fingerprint density at radius 3 is 2.21 bits per heavy atom. The van der Waals surface area contributed by atoms with E-state index in [4.69, 9.17) is 0 Å². The maximum absolute atomic E-state index is 4.43. The van der Waals surface area contributed by atoms with Gasteiger partial charge in [0.05, 0.1) is 11.4 Å². The van der Waals surface area contributed by atoms with Crippen LogP contribution in [0.1, 0.15) is 25.0 Å². The molecule has 2 rings (SSSR count). The van der Waals surface area contributed by atoms with Crippen LogP contribution in [0.4, 0.5) is 0 Å². The predicted octanol–water partition coefficient (Wildman–Crippen LogP) is 3.29. The fraction of sp³-hybridized carbons (Fsp3) is 0.375. The third kappa shape index (κ3) is 3.61. The lowest BCUT2D eigenvalue weighted by molar-refractivity contribution is 0.296. The van der Waals surface area contributed by atoms with Crippen molar-refractivity contribution < 1.29 is 0 Å². The fourth-order valence-electron chi connectivity index (χ4n) is 2.09. The van der Waals surface area contributed by atoms with E-state index in [1.54, 1.807) is 0 Å². The van der Waals surface area contributed by atoms with E-state index in [9.17, 15) is 0 Å². The highest BCUT2D eigenvalue weighted by Crippen LogP contribution is 2.17. The smallest absolute Gasteiger partial charge is 0.0889 e. The van der Waals surface area contributed by atoms with Gasteiger partial charge in [-0.3, -0.25) is 14.9 Å². The van der Waals surface area contributed by atoms with Crippen molar-refractivity contribution in [3.8, 4) is 11.4 Å². The summed E-state index contributed by atoms with van der Waals surface area (Å²) in [7, 11) is 0. The van der Waals surface area contributed by atoms with Gasteiger partial charge in [0.1, 0.15) is 0 Å². The van der Waals surface area contributed by atoms with Crippen molar-refractivity contribution in [2.75, 3.05) is 13.1 Å². The first kappa shape index (κ1) is 13.7. The van der Waals surface area contributed by atoms with Gasteiger partial charge in [0, 0.05) is 18.9 Å². The molecule has 2 aromatic rings. The lowest BCUT2D eigenvalue weighted by atomic mass is 10.1. The van der Waals surface area contributed by atoms with Crippen molar-refractivity contribution in [3.63, 3.8) is 0 Å². The molecule has 0 amide bonds. The number of aryl methyl sites for hydroxylation is 1. The summed E-state index contributed by atoms with van der Waals surface area (Å²) in [6.45, 7) is 9.55. The van der Waals surface area contributed by atoms with Gasteiger partial charge >= 0.3 is 0 Å². The summed E-state index contributed by atoms with van der Waals surface area (Å²) >= 11 is 0. The number of hydrogen-bond acceptors (Lipinski definition) is 3. The van der Waals surface area contributed by atoms with Crippen LogP contribution in [0.5, 0.6) is 0 Å². The molecule has 100 valence electrons. The molecular formula is C16H21N3. The summed E-state index contributed by atoms with van der Waals surface area (Å²) in [5, 5.41) is 0. The zero-order chi connectivity index (χ0) is 13.7. The number of nitrogens with zero attached hydrogens (tertiary/aromatic N) is 3. The van der Waals surface area contributed by atoms with Gasteiger partial charge in [-0.15, -0.1) is 0 Å². The summed E-state index contributed by atoms with van der Waals surface area (Å²) in [4.78, 5) is 11.2. The number of rotatable bonds is 5. The van der Waals surface area contributed by atoms with Gasteiger partial charge in [0.15, 0.2) is 0 Å². The topological polar surface area (TPSA) is 29.0 Å². The maximum Gasteiger partial charge on any atom is 0.0889 e. The number of hydrogen-bond donors (Lipinski definition) is 0. The minimum absolute atomic E-state index is 0.946. The standard InChI is InChI=1S/C16H21N3/c1-4-19(5-2)12-14-7-9-18-16(11-14)15-10-13(3)6-8-17-15/h6-11H,4-5,12H2,1-3H3. The number of pyridine rings is 2. The Morgan fingerprint density at radius 1 is 0.947 bits per heavy atom. The molecule has 0 atom stereocenters. The monoisotopic (exact) mass is 255 g/mol. The van der Waals surface area contributed by atoms with Crippen molar-refractivity contribution in [1.29, 1.82) is 0 Å². The van der Waals surface area contributed by atoms with E-state index in [-0.39, 0.29) is 0 Å². The lowest BCUT2D eigenvalue weighted by Gasteiger charge is -2.18. The highest BCUT2D eigenvalue weighted by molar-refractivity contribution is 5.55. The summed E-state index contributed by atoms with van der Waals surface area (Å²) in [6.07, 6.45) is 3.71. The first-order chi connectivity index (χ1) is 9.22. The van der Waals surface area contributed by atoms with Crippen molar-refractivity contribution in [1.82, 2.24) is 14.9 Å². The van der Waals surface area contributed by atoms with E-state index in [0.717, 1.165) is 31.0 Å². The Kier molecular flexibility index (Phi) is 4.63. The van der Waals surface area contributed by atoms with E-state index < -0.39 is 0 Å². The van der Waals surface area contributed by atoms with E-state index in [2.05, 4.69) is 53.8 Å². The lowest BCUT2D eigenvalue weighted by Crippen LogP contribution is -2.22. The Balaban J connectivity index is 2.24. The minimum atomic E-state index is 0.946. The van der Waals surface area contributed by atoms with Gasteiger partial charge in [0.25, 0.3) is 0 Å². The Hall–Kier alpha value is -1.74. The molecule has 0 bridgehead atoms. The molecule has 0 saturated carbocycles. The minimum Gasteiger partial charge on any atom is -0.300 e. The molecule has 0 aliphatic rings. The van der Waals surface area contributed by atoms with Crippen molar-refractivity contribution in [2.24, 2.45) is 0 Å². The van der Waals surface area contributed by atoms with Crippen LogP contribution in [-0.2, 0) is 6.54 Å². The first-order valence-electron chi connectivity index (χ1n) is 6.83. The SMILES string of the molecule is CCN(CC)Cc1ccnc(-c2cc(C)ccn2)c1. The van der Waals surface area contributed by atoms with Gasteiger partial charge in [-0.1, -0.05) is 13.8 Å². The quantitative estimate of drug-likeness (QED) is 0.821. The van der Waals surface area contributed by atoms with Crippen LogP contribution in [0.2, 0.25) is 0 Å². The highest BCUT2D eigenvalue weighted by atomic mass is 15.1. The van der Waals surface area contributed by atoms with Crippen LogP contribution in [0.3, 0.4) is 0 Å². The van der Waals surface area contributed by atoms with Crippen LogP contribution in [0.25, 0.3) is 11.4 Å². The van der Waals surface area contributed by atoms with Crippen molar-refractivity contribution >= 4 is 0 Å². The fourth-order valence-corrected chi connectivity index (χ4v) is 2.09. The molecule has 0 saturated heterocycles. The Labute approximate surface area is 115 Å². The van der Waals surface area contributed by atoms with Gasteiger partial charge in [-0.05, 0) is 55.4 Å². The van der Waals surface area contributed by atoms with Crippen LogP contribution >= 0.6 is 0 Å². The summed E-state index contributed by atoms with van der Waals surface area (Å²) in [5.74, 6) is 0. The normalized spacial score (nSPS) is 10.9. The van der Waals surface area contributed by atoms with Crippen molar-refractivity contribution in [3.05, 3.63) is 47.8 Å². The summed E-state index contributed by atoms with van der Waals surface area (Å²) < 4.78 is 0. The van der Waals surface area contributed by atoms with Gasteiger partial charge in [-0.2, -0.15) is 0 Å². The molecule has 3 heteroatoms. The predicted molar refractivity (Wildman–Crippen MR) is 78.8 cm³/mol. The van der Waals surface area contributed by atoms with Gasteiger partial charge in [-0.25, -0.2) is 0 Å². The molecule has 19 heavy (non-hydrogen) atoms. The molecule has 0 aliphatic heterocycles. The molecule has 3 nitrogen and oxygen atoms in total. The molecule has 0 N–H and O–H groups in total. The largest absolute Gasteiger partial charge is 0.300 e. The molecular weight excluding hydrogens is 234 g/mol. The third-order valence-corrected chi connectivity index (χ3v) is 3.30. The highest BCUT2D eigenvalue weighted by Gasteiger charge is 2.05. The third-order valence-electron chi connectivity index (χ3n) is 3.30. The maximum atomic E-state index is 4.43. The number of aromatic nitrogens is 2. The molecule has 0 fully saturated rings. The van der Waals surface area contributed by atoms with Gasteiger partial charge in [0.2, 0.25) is 0 Å². The van der Waals surface area contributed by atoms with E-state index in [0.29, 0.717) is 0 Å². The van der Waals surface area contributed by atoms with E-state index in [1.807, 2.05) is 18.5 Å². The van der Waals surface area contributed by atoms with Crippen LogP contribution < -0.4 is 0 Å². The average Bonchev–Trinajstić information content (AvgIpc) is 2.45. The molecule has 0 aromatic carbocycles. The molecule has 0 aliphatic carbocycles. The molecule has 2 heterocycles. The molecule has 2 aromatic heterocycles. The zero-order valence-corrected chi connectivity index (χ0v) is 11.9.